The Labute approximate surface area is 172 Å². The summed E-state index contributed by atoms with van der Waals surface area (Å²) in [5.74, 6) is -0.435. The predicted molar refractivity (Wildman–Crippen MR) is 113 cm³/mol. The third-order valence-electron chi connectivity index (χ3n) is 5.01. The van der Waals surface area contributed by atoms with Gasteiger partial charge in [-0.3, -0.25) is 10.1 Å². The third kappa shape index (κ3) is 9.05. The first kappa shape index (κ1) is 22.8. The van der Waals surface area contributed by atoms with Crippen LogP contribution in [0.25, 0.3) is 0 Å². The molecule has 0 heterocycles. The molecule has 0 bridgehead atoms. The minimum Gasteiger partial charge on any atom is -0.455 e. The van der Waals surface area contributed by atoms with E-state index >= 15 is 0 Å². The van der Waals surface area contributed by atoms with E-state index in [4.69, 9.17) is 9.84 Å². The van der Waals surface area contributed by atoms with Crippen molar-refractivity contribution in [2.75, 3.05) is 0 Å². The van der Waals surface area contributed by atoms with Crippen LogP contribution < -0.4 is 0 Å². The number of esters is 1. The number of carbonyl (C=O) groups is 1. The molecule has 0 saturated carbocycles. The highest BCUT2D eigenvalue weighted by atomic mass is 16.6. The van der Waals surface area contributed by atoms with Gasteiger partial charge in [-0.1, -0.05) is 37.5 Å². The van der Waals surface area contributed by atoms with Crippen molar-refractivity contribution in [1.82, 2.24) is 0 Å². The van der Waals surface area contributed by atoms with E-state index in [1.807, 2.05) is 18.2 Å². The number of nitro benzene ring substituents is 1. The van der Waals surface area contributed by atoms with Crippen LogP contribution in [0, 0.1) is 10.1 Å². The zero-order valence-corrected chi connectivity index (χ0v) is 16.9. The number of carbonyl (C=O) groups excluding carboxylic acids is 1. The van der Waals surface area contributed by atoms with Gasteiger partial charge in [-0.2, -0.15) is 0 Å². The lowest BCUT2D eigenvalue weighted by Crippen LogP contribution is -2.17. The summed E-state index contributed by atoms with van der Waals surface area (Å²) >= 11 is 0. The lowest BCUT2D eigenvalue weighted by Gasteiger charge is -2.16. The van der Waals surface area contributed by atoms with Crippen molar-refractivity contribution >= 4 is 11.7 Å². The van der Waals surface area contributed by atoms with Crippen molar-refractivity contribution in [3.05, 3.63) is 64.2 Å². The molecule has 6 nitrogen and oxygen atoms in total. The highest BCUT2D eigenvalue weighted by Crippen LogP contribution is 2.17. The van der Waals surface area contributed by atoms with Crippen LogP contribution in [0.5, 0.6) is 0 Å². The van der Waals surface area contributed by atoms with Crippen molar-refractivity contribution in [1.29, 1.82) is 0 Å². The highest BCUT2D eigenvalue weighted by Gasteiger charge is 2.15. The maximum atomic E-state index is 12.0. The first-order valence-corrected chi connectivity index (χ1v) is 10.5. The molecule has 0 spiro atoms. The lowest BCUT2D eigenvalue weighted by atomic mass is 10.0. The molecule has 2 aliphatic carbocycles. The smallest absolute Gasteiger partial charge is 0.338 e. The van der Waals surface area contributed by atoms with E-state index in [0.29, 0.717) is 5.56 Å². The Morgan fingerprint density at radius 3 is 2.21 bits per heavy atom. The molecule has 0 saturated heterocycles. The molecule has 0 aliphatic heterocycles. The predicted octanol–water partition coefficient (Wildman–Crippen LogP) is 5.51. The molecule has 0 radical (unpaired) electrons. The largest absolute Gasteiger partial charge is 0.455 e. The summed E-state index contributed by atoms with van der Waals surface area (Å²) in [5.41, 5.74) is 0.304. The average Bonchev–Trinajstić information content (AvgIpc) is 2.67. The van der Waals surface area contributed by atoms with Gasteiger partial charge >= 0.3 is 5.97 Å². The second-order valence-corrected chi connectivity index (χ2v) is 7.45. The molecular formula is C23H31NO5. The first-order chi connectivity index (χ1) is 14.1. The number of nitrogens with zero attached hydrogens (tertiary/aromatic N) is 1. The third-order valence-corrected chi connectivity index (χ3v) is 5.01. The zero-order valence-electron chi connectivity index (χ0n) is 16.9. The molecule has 0 amide bonds. The summed E-state index contributed by atoms with van der Waals surface area (Å²) < 4.78 is 5.42. The van der Waals surface area contributed by atoms with Crippen molar-refractivity contribution in [3.63, 3.8) is 0 Å². The molecule has 0 fully saturated rings. The molecule has 2 unspecified atom stereocenters. The molecule has 3 rings (SSSR count). The molecule has 2 atom stereocenters. The molecule has 0 aromatic heterocycles. The van der Waals surface area contributed by atoms with Crippen LogP contribution in [-0.4, -0.2) is 28.2 Å². The van der Waals surface area contributed by atoms with Crippen LogP contribution in [0.1, 0.15) is 74.6 Å². The van der Waals surface area contributed by atoms with Gasteiger partial charge in [-0.05, 0) is 63.2 Å². The van der Waals surface area contributed by atoms with Gasteiger partial charge in [0.05, 0.1) is 16.6 Å². The number of allylic oxidation sites excluding steroid dienone is 2. The molecule has 1 aromatic carbocycles. The molecule has 2 aliphatic rings. The second-order valence-electron chi connectivity index (χ2n) is 7.45. The quantitative estimate of drug-likeness (QED) is 0.312. The Morgan fingerprint density at radius 1 is 0.931 bits per heavy atom. The van der Waals surface area contributed by atoms with Crippen molar-refractivity contribution < 1.29 is 19.6 Å². The fraction of sp³-hybridized carbons (Fsp3) is 0.522. The second kappa shape index (κ2) is 12.9. The Bertz CT molecular complexity index is 696. The maximum absolute atomic E-state index is 12.0. The van der Waals surface area contributed by atoms with E-state index in [9.17, 15) is 14.9 Å². The summed E-state index contributed by atoms with van der Waals surface area (Å²) in [6, 6.07) is 5.47. The van der Waals surface area contributed by atoms with E-state index in [2.05, 4.69) is 6.08 Å². The monoisotopic (exact) mass is 401 g/mol. The average molecular weight is 402 g/mol. The van der Waals surface area contributed by atoms with Gasteiger partial charge in [0.15, 0.2) is 0 Å². The van der Waals surface area contributed by atoms with Gasteiger partial charge in [0.1, 0.15) is 6.10 Å². The van der Waals surface area contributed by atoms with Crippen LogP contribution in [-0.2, 0) is 4.74 Å². The molecule has 1 aromatic rings. The van der Waals surface area contributed by atoms with E-state index in [0.717, 1.165) is 38.5 Å². The number of rotatable bonds is 3. The van der Waals surface area contributed by atoms with E-state index in [1.165, 1.54) is 49.9 Å². The van der Waals surface area contributed by atoms with Crippen LogP contribution in [0.2, 0.25) is 0 Å². The zero-order chi connectivity index (χ0) is 20.9. The number of aliphatic hydroxyl groups is 1. The van der Waals surface area contributed by atoms with Gasteiger partial charge in [0.25, 0.3) is 5.69 Å². The number of ether oxygens (including phenoxy) is 1. The number of hydrogen-bond acceptors (Lipinski definition) is 5. The minimum absolute atomic E-state index is 0.0348. The molecule has 1 N–H and O–H groups in total. The summed E-state index contributed by atoms with van der Waals surface area (Å²) in [6.07, 6.45) is 18.7. The highest BCUT2D eigenvalue weighted by molar-refractivity contribution is 5.89. The molecular weight excluding hydrogens is 370 g/mol. The van der Waals surface area contributed by atoms with Crippen LogP contribution >= 0.6 is 0 Å². The standard InChI is InChI=1S/C15H17NO4.C8H14O/c17-15(12-8-10-13(11-9-12)16(18)19)20-14-6-4-2-1-3-5-7-14;9-8-6-4-2-1-3-5-7-8/h4,6,8-11,14H,1-3,5,7H2;4,6,8-9H,1-3,5,7H2/b2*6-4+. The lowest BCUT2D eigenvalue weighted by molar-refractivity contribution is -0.384. The number of nitro groups is 1. The Kier molecular flexibility index (Phi) is 10.1. The van der Waals surface area contributed by atoms with Gasteiger partial charge in [-0.25, -0.2) is 4.79 Å². The molecule has 6 heteroatoms. The summed E-state index contributed by atoms with van der Waals surface area (Å²) in [7, 11) is 0. The first-order valence-electron chi connectivity index (χ1n) is 10.5. The fourth-order valence-electron chi connectivity index (χ4n) is 3.29. The van der Waals surface area contributed by atoms with Gasteiger partial charge in [0, 0.05) is 12.1 Å². The number of non-ortho nitro benzene ring substituents is 1. The molecule has 29 heavy (non-hydrogen) atoms. The van der Waals surface area contributed by atoms with E-state index in [-0.39, 0.29) is 17.9 Å². The van der Waals surface area contributed by atoms with E-state index in [1.54, 1.807) is 0 Å². The minimum atomic E-state index is -0.493. The van der Waals surface area contributed by atoms with Crippen LogP contribution in [0.3, 0.4) is 0 Å². The van der Waals surface area contributed by atoms with Gasteiger partial charge in [-0.15, -0.1) is 0 Å². The Balaban J connectivity index is 0.000000278. The molecule has 158 valence electrons. The topological polar surface area (TPSA) is 89.7 Å². The van der Waals surface area contributed by atoms with Crippen LogP contribution in [0.15, 0.2) is 48.6 Å². The Morgan fingerprint density at radius 2 is 1.55 bits per heavy atom. The Hall–Kier alpha value is -2.47. The van der Waals surface area contributed by atoms with Crippen molar-refractivity contribution in [3.8, 4) is 0 Å². The number of hydrogen-bond donors (Lipinski definition) is 1. The fourth-order valence-corrected chi connectivity index (χ4v) is 3.29. The SMILES string of the molecule is O=C(OC1/C=C/CCCCC1)c1ccc([N+](=O)[O-])cc1.OC1/C=C/CCCCC1. The van der Waals surface area contributed by atoms with Crippen molar-refractivity contribution in [2.24, 2.45) is 0 Å². The van der Waals surface area contributed by atoms with Gasteiger partial charge in [0.2, 0.25) is 0 Å². The summed E-state index contributed by atoms with van der Waals surface area (Å²) in [6.45, 7) is 0. The number of aliphatic hydroxyl groups excluding tert-OH is 1. The number of benzene rings is 1. The van der Waals surface area contributed by atoms with Crippen molar-refractivity contribution in [2.45, 2.75) is 76.4 Å². The van der Waals surface area contributed by atoms with E-state index < -0.39 is 10.9 Å². The van der Waals surface area contributed by atoms with Gasteiger partial charge < -0.3 is 9.84 Å². The summed E-state index contributed by atoms with van der Waals surface area (Å²) in [5, 5.41) is 19.7. The van der Waals surface area contributed by atoms with Crippen LogP contribution in [0.4, 0.5) is 5.69 Å². The normalized spacial score (nSPS) is 24.3. The maximum Gasteiger partial charge on any atom is 0.338 e. The summed E-state index contributed by atoms with van der Waals surface area (Å²) in [4.78, 5) is 22.0.